The van der Waals surface area contributed by atoms with E-state index < -0.39 is 0 Å². The Kier molecular flexibility index (Phi) is 3.90. The summed E-state index contributed by atoms with van der Waals surface area (Å²) < 4.78 is 2.92. The van der Waals surface area contributed by atoms with Gasteiger partial charge in [-0.3, -0.25) is 0 Å². The summed E-state index contributed by atoms with van der Waals surface area (Å²) in [5.74, 6) is 0. The third-order valence-electron chi connectivity index (χ3n) is 4.12. The Bertz CT molecular complexity index is 707. The molecule has 5 heteroatoms. The average molecular weight is 388 g/mol. The van der Waals surface area contributed by atoms with E-state index in [0.717, 1.165) is 23.0 Å². The molecule has 2 nitrogen and oxygen atoms in total. The van der Waals surface area contributed by atoms with Crippen molar-refractivity contribution in [2.24, 2.45) is 11.1 Å². The second-order valence-corrected chi connectivity index (χ2v) is 8.04. The Morgan fingerprint density at radius 1 is 1.24 bits per heavy atom. The number of aromatic nitrogens is 1. The molecule has 0 amide bonds. The molecule has 0 saturated carbocycles. The first-order valence-corrected chi connectivity index (χ1v) is 8.44. The van der Waals surface area contributed by atoms with E-state index in [9.17, 15) is 0 Å². The zero-order valence-corrected chi connectivity index (χ0v) is 15.1. The number of hydrogen-bond donors (Lipinski definition) is 1. The van der Waals surface area contributed by atoms with Crippen molar-refractivity contribution in [1.29, 1.82) is 0 Å². The Morgan fingerprint density at radius 2 is 1.95 bits per heavy atom. The van der Waals surface area contributed by atoms with Gasteiger partial charge in [-0.2, -0.15) is 0 Å². The van der Waals surface area contributed by atoms with Crippen molar-refractivity contribution < 1.29 is 0 Å². The second kappa shape index (κ2) is 5.31. The summed E-state index contributed by atoms with van der Waals surface area (Å²) in [7, 11) is 0. The van der Waals surface area contributed by atoms with E-state index in [2.05, 4.69) is 40.4 Å². The number of rotatable bonds is 1. The van der Waals surface area contributed by atoms with E-state index in [1.165, 1.54) is 11.3 Å². The first kappa shape index (κ1) is 15.4. The van der Waals surface area contributed by atoms with E-state index in [0.29, 0.717) is 10.0 Å². The van der Waals surface area contributed by atoms with Crippen LogP contribution in [-0.4, -0.2) is 4.57 Å². The highest BCUT2D eigenvalue weighted by Gasteiger charge is 2.33. The summed E-state index contributed by atoms with van der Waals surface area (Å²) in [6, 6.07) is 6.08. The minimum Gasteiger partial charge on any atom is -0.324 e. The minimum atomic E-state index is 0.0784. The van der Waals surface area contributed by atoms with Crippen LogP contribution in [0, 0.1) is 5.41 Å². The molecule has 0 radical (unpaired) electrons. The molecule has 1 aromatic carbocycles. The van der Waals surface area contributed by atoms with Gasteiger partial charge in [0.05, 0.1) is 15.7 Å². The largest absolute Gasteiger partial charge is 0.324 e. The molecule has 1 aliphatic carbocycles. The topological polar surface area (TPSA) is 30.9 Å². The van der Waals surface area contributed by atoms with Crippen molar-refractivity contribution in [3.63, 3.8) is 0 Å². The normalized spacial score (nSPS) is 20.4. The summed E-state index contributed by atoms with van der Waals surface area (Å²) in [6.45, 7) is 4.51. The van der Waals surface area contributed by atoms with Crippen LogP contribution in [0.15, 0.2) is 28.9 Å². The predicted molar refractivity (Wildman–Crippen MR) is 92.5 cm³/mol. The highest BCUT2D eigenvalue weighted by molar-refractivity contribution is 9.10. The van der Waals surface area contributed by atoms with Gasteiger partial charge in [-0.05, 0) is 57.9 Å². The maximum absolute atomic E-state index is 6.43. The monoisotopic (exact) mass is 386 g/mol. The maximum atomic E-state index is 6.43. The number of hydrogen-bond acceptors (Lipinski definition) is 1. The van der Waals surface area contributed by atoms with Gasteiger partial charge in [0.15, 0.2) is 0 Å². The molecule has 21 heavy (non-hydrogen) atoms. The van der Waals surface area contributed by atoms with E-state index in [-0.39, 0.29) is 11.5 Å². The van der Waals surface area contributed by atoms with Gasteiger partial charge in [-0.25, -0.2) is 0 Å². The van der Waals surface area contributed by atoms with Crippen molar-refractivity contribution in [3.05, 3.63) is 50.2 Å². The van der Waals surface area contributed by atoms with Gasteiger partial charge in [-0.15, -0.1) is 0 Å². The number of fused-ring (bicyclic) bond motifs is 1. The molecular formula is C16H17BrCl2N2. The van der Waals surface area contributed by atoms with Crippen LogP contribution in [-0.2, 0) is 6.42 Å². The molecule has 0 aliphatic heterocycles. The van der Waals surface area contributed by atoms with Gasteiger partial charge in [0.1, 0.15) is 0 Å². The molecule has 1 heterocycles. The second-order valence-electron chi connectivity index (χ2n) is 6.43. The van der Waals surface area contributed by atoms with Crippen LogP contribution in [0.2, 0.25) is 10.0 Å². The number of nitrogens with zero attached hydrogens (tertiary/aromatic N) is 1. The first-order chi connectivity index (χ1) is 9.80. The average Bonchev–Trinajstić information content (AvgIpc) is 2.79. The van der Waals surface area contributed by atoms with Gasteiger partial charge >= 0.3 is 0 Å². The highest BCUT2D eigenvalue weighted by Crippen LogP contribution is 2.42. The zero-order chi connectivity index (χ0) is 15.4. The van der Waals surface area contributed by atoms with Crippen LogP contribution in [0.5, 0.6) is 0 Å². The van der Waals surface area contributed by atoms with Crippen LogP contribution < -0.4 is 5.73 Å². The van der Waals surface area contributed by atoms with Gasteiger partial charge in [0.2, 0.25) is 0 Å². The third kappa shape index (κ3) is 2.65. The van der Waals surface area contributed by atoms with Gasteiger partial charge in [0.25, 0.3) is 0 Å². The molecule has 0 spiro atoms. The Labute approximate surface area is 143 Å². The van der Waals surface area contributed by atoms with Crippen LogP contribution in [0.3, 0.4) is 0 Å². The van der Waals surface area contributed by atoms with Crippen LogP contribution in [0.25, 0.3) is 5.69 Å². The van der Waals surface area contributed by atoms with Crippen molar-refractivity contribution in [1.82, 2.24) is 4.57 Å². The summed E-state index contributed by atoms with van der Waals surface area (Å²) in [5, 5.41) is 1.09. The molecule has 1 unspecified atom stereocenters. The highest BCUT2D eigenvalue weighted by atomic mass is 79.9. The van der Waals surface area contributed by atoms with E-state index in [4.69, 9.17) is 28.9 Å². The molecule has 1 aliphatic rings. The maximum Gasteiger partial charge on any atom is 0.0844 e. The summed E-state index contributed by atoms with van der Waals surface area (Å²) in [6.07, 6.45) is 4.02. The smallest absolute Gasteiger partial charge is 0.0844 e. The van der Waals surface area contributed by atoms with Gasteiger partial charge in [-0.1, -0.05) is 37.0 Å². The Balaban J connectivity index is 2.17. The Hall–Kier alpha value is -0.480. The molecule has 0 bridgehead atoms. The third-order valence-corrected chi connectivity index (χ3v) is 5.88. The van der Waals surface area contributed by atoms with Crippen molar-refractivity contribution in [2.45, 2.75) is 32.7 Å². The predicted octanol–water partition coefficient (Wildman–Crippen LogP) is 5.52. The molecule has 1 aromatic heterocycles. The summed E-state index contributed by atoms with van der Waals surface area (Å²) in [4.78, 5) is 0. The Morgan fingerprint density at radius 3 is 2.67 bits per heavy atom. The number of nitrogens with two attached hydrogens (primary N) is 1. The standard InChI is InChI=1S/C16H17BrCl2N2/c1-16(2)7-11(20)9-5-6-21(13(9)8-16)12-4-3-10(17)14(18)15(12)19/h3-6,11H,7-8,20H2,1-2H3. The van der Waals surface area contributed by atoms with Crippen molar-refractivity contribution in [2.75, 3.05) is 0 Å². The summed E-state index contributed by atoms with van der Waals surface area (Å²) in [5.41, 5.74) is 9.86. The quantitative estimate of drug-likeness (QED) is 0.641. The molecule has 1 atom stereocenters. The fourth-order valence-corrected chi connectivity index (χ4v) is 4.02. The van der Waals surface area contributed by atoms with Crippen LogP contribution in [0.4, 0.5) is 0 Å². The molecule has 112 valence electrons. The minimum absolute atomic E-state index is 0.0784. The molecule has 2 aromatic rings. The lowest BCUT2D eigenvalue weighted by molar-refractivity contribution is 0.278. The summed E-state index contributed by atoms with van der Waals surface area (Å²) >= 11 is 16.1. The van der Waals surface area contributed by atoms with Crippen molar-refractivity contribution >= 4 is 39.1 Å². The molecular weight excluding hydrogens is 371 g/mol. The van der Waals surface area contributed by atoms with Gasteiger partial charge < -0.3 is 10.3 Å². The lowest BCUT2D eigenvalue weighted by atomic mass is 9.74. The SMILES string of the molecule is CC1(C)Cc2c(ccn2-c2ccc(Br)c(Cl)c2Cl)C(N)C1. The van der Waals surface area contributed by atoms with Crippen LogP contribution >= 0.6 is 39.1 Å². The number of benzene rings is 1. The van der Waals surface area contributed by atoms with E-state index in [1.807, 2.05) is 18.3 Å². The fraction of sp³-hybridized carbons (Fsp3) is 0.375. The van der Waals surface area contributed by atoms with E-state index in [1.54, 1.807) is 0 Å². The lowest BCUT2D eigenvalue weighted by Crippen LogP contribution is -2.30. The molecule has 0 fully saturated rings. The molecule has 0 saturated heterocycles. The zero-order valence-electron chi connectivity index (χ0n) is 12.0. The van der Waals surface area contributed by atoms with Crippen LogP contribution in [0.1, 0.15) is 37.6 Å². The number of halogens is 3. The van der Waals surface area contributed by atoms with Gasteiger partial charge in [0, 0.05) is 22.4 Å². The van der Waals surface area contributed by atoms with Crippen molar-refractivity contribution in [3.8, 4) is 5.69 Å². The fourth-order valence-electron chi connectivity index (χ4n) is 3.16. The first-order valence-electron chi connectivity index (χ1n) is 6.90. The molecule has 2 N–H and O–H groups in total. The molecule has 3 rings (SSSR count). The lowest BCUT2D eigenvalue weighted by Gasteiger charge is -2.34. The van der Waals surface area contributed by atoms with E-state index >= 15 is 0 Å².